The number of rotatable bonds is 5. The molecule has 0 aliphatic carbocycles. The molecular weight excluding hydrogens is 248 g/mol. The number of nitrogens with two attached hydrogens (primary N) is 1. The molecule has 1 rings (SSSR count). The van der Waals surface area contributed by atoms with Crippen LogP contribution in [0.5, 0.6) is 5.75 Å². The van der Waals surface area contributed by atoms with Gasteiger partial charge in [-0.3, -0.25) is 4.79 Å². The van der Waals surface area contributed by atoms with E-state index in [-0.39, 0.29) is 12.2 Å². The summed E-state index contributed by atoms with van der Waals surface area (Å²) in [6.07, 6.45) is 1.39. The van der Waals surface area contributed by atoms with Gasteiger partial charge in [0.2, 0.25) is 0 Å². The predicted molar refractivity (Wildman–Crippen MR) is 66.7 cm³/mol. The van der Waals surface area contributed by atoms with E-state index < -0.39 is 11.9 Å². The van der Waals surface area contributed by atoms with Crippen molar-refractivity contribution < 1.29 is 19.1 Å². The Labute approximate surface area is 110 Å². The van der Waals surface area contributed by atoms with Gasteiger partial charge in [0.1, 0.15) is 17.4 Å². The molecule has 6 nitrogen and oxygen atoms in total. The standard InChI is InChI=1S/C13H12N2O4/c1-18-13(17)10(7-14)6-9-2-4-11(5-3-9)19-8-12(15)16/h2-6H,8H2,1H3,(H2,15,16)/b10-6+. The van der Waals surface area contributed by atoms with Crippen molar-refractivity contribution in [3.05, 3.63) is 35.4 Å². The van der Waals surface area contributed by atoms with E-state index in [0.29, 0.717) is 11.3 Å². The van der Waals surface area contributed by atoms with Crippen LogP contribution in [0.4, 0.5) is 0 Å². The molecule has 0 aliphatic rings. The van der Waals surface area contributed by atoms with E-state index in [9.17, 15) is 9.59 Å². The van der Waals surface area contributed by atoms with Gasteiger partial charge >= 0.3 is 5.97 Å². The van der Waals surface area contributed by atoms with E-state index in [1.54, 1.807) is 30.3 Å². The fourth-order valence-electron chi connectivity index (χ4n) is 1.23. The lowest BCUT2D eigenvalue weighted by Gasteiger charge is -2.03. The van der Waals surface area contributed by atoms with Crippen molar-refractivity contribution >= 4 is 18.0 Å². The van der Waals surface area contributed by atoms with Crippen LogP contribution in [0, 0.1) is 11.3 Å². The van der Waals surface area contributed by atoms with E-state index in [1.807, 2.05) is 0 Å². The number of carbonyl (C=O) groups excluding carboxylic acids is 2. The summed E-state index contributed by atoms with van der Waals surface area (Å²) >= 11 is 0. The molecule has 0 heterocycles. The van der Waals surface area contributed by atoms with Gasteiger partial charge in [0.25, 0.3) is 5.91 Å². The second-order valence-corrected chi connectivity index (χ2v) is 3.49. The number of methoxy groups -OCH3 is 1. The fraction of sp³-hybridized carbons (Fsp3) is 0.154. The van der Waals surface area contributed by atoms with Gasteiger partial charge in [0.15, 0.2) is 6.61 Å². The summed E-state index contributed by atoms with van der Waals surface area (Å²) in [6.45, 7) is -0.208. The van der Waals surface area contributed by atoms with E-state index in [1.165, 1.54) is 13.2 Å². The van der Waals surface area contributed by atoms with Crippen molar-refractivity contribution in [1.82, 2.24) is 0 Å². The zero-order valence-corrected chi connectivity index (χ0v) is 10.3. The number of ether oxygens (including phenoxy) is 2. The van der Waals surface area contributed by atoms with Gasteiger partial charge in [-0.25, -0.2) is 4.79 Å². The van der Waals surface area contributed by atoms with Crippen molar-refractivity contribution in [1.29, 1.82) is 5.26 Å². The Morgan fingerprint density at radius 1 is 1.37 bits per heavy atom. The van der Waals surface area contributed by atoms with Gasteiger partial charge in [0, 0.05) is 0 Å². The van der Waals surface area contributed by atoms with E-state index in [0.717, 1.165) is 0 Å². The van der Waals surface area contributed by atoms with E-state index in [2.05, 4.69) is 4.74 Å². The minimum absolute atomic E-state index is 0.103. The molecule has 0 atom stereocenters. The number of hydrogen-bond acceptors (Lipinski definition) is 5. The molecule has 0 aromatic heterocycles. The molecule has 1 amide bonds. The number of nitrogens with zero attached hydrogens (tertiary/aromatic N) is 1. The number of primary amides is 1. The molecule has 0 spiro atoms. The summed E-state index contributed by atoms with van der Waals surface area (Å²) < 4.78 is 9.53. The Bertz CT molecular complexity index is 541. The first-order valence-electron chi connectivity index (χ1n) is 5.28. The Morgan fingerprint density at radius 2 is 2.00 bits per heavy atom. The van der Waals surface area contributed by atoms with Crippen molar-refractivity contribution in [2.45, 2.75) is 0 Å². The number of amides is 1. The van der Waals surface area contributed by atoms with Gasteiger partial charge in [-0.2, -0.15) is 5.26 Å². The number of hydrogen-bond donors (Lipinski definition) is 1. The highest BCUT2D eigenvalue weighted by Gasteiger charge is 2.08. The average molecular weight is 260 g/mol. The first-order valence-corrected chi connectivity index (χ1v) is 5.28. The first-order chi connectivity index (χ1) is 9.06. The summed E-state index contributed by atoms with van der Waals surface area (Å²) in [5, 5.41) is 8.79. The largest absolute Gasteiger partial charge is 0.484 e. The van der Waals surface area contributed by atoms with Crippen molar-refractivity contribution in [2.24, 2.45) is 5.73 Å². The highest BCUT2D eigenvalue weighted by atomic mass is 16.5. The number of carbonyl (C=O) groups is 2. The molecule has 6 heteroatoms. The van der Waals surface area contributed by atoms with E-state index in [4.69, 9.17) is 15.7 Å². The summed E-state index contributed by atoms with van der Waals surface area (Å²) in [4.78, 5) is 21.7. The van der Waals surface area contributed by atoms with Crippen LogP contribution in [0.25, 0.3) is 6.08 Å². The van der Waals surface area contributed by atoms with Crippen LogP contribution in [0.1, 0.15) is 5.56 Å². The Morgan fingerprint density at radius 3 is 2.47 bits per heavy atom. The topological polar surface area (TPSA) is 102 Å². The molecule has 0 bridgehead atoms. The van der Waals surface area contributed by atoms with Crippen molar-refractivity contribution in [3.8, 4) is 11.8 Å². The lowest BCUT2D eigenvalue weighted by Crippen LogP contribution is -2.19. The lowest BCUT2D eigenvalue weighted by molar-refractivity contribution is -0.135. The molecule has 1 aromatic rings. The predicted octanol–water partition coefficient (Wildman–Crippen LogP) is 0.631. The molecule has 98 valence electrons. The zero-order chi connectivity index (χ0) is 14.3. The first kappa shape index (κ1) is 14.3. The van der Waals surface area contributed by atoms with Gasteiger partial charge in [0.05, 0.1) is 7.11 Å². The zero-order valence-electron chi connectivity index (χ0n) is 10.3. The maximum absolute atomic E-state index is 11.2. The molecule has 0 saturated heterocycles. The maximum atomic E-state index is 11.2. The van der Waals surface area contributed by atoms with Gasteiger partial charge in [-0.15, -0.1) is 0 Å². The summed E-state index contributed by atoms with van der Waals surface area (Å²) in [5.41, 5.74) is 5.47. The Kier molecular flexibility index (Phi) is 5.11. The molecule has 2 N–H and O–H groups in total. The Hall–Kier alpha value is -2.81. The van der Waals surface area contributed by atoms with Crippen LogP contribution >= 0.6 is 0 Å². The summed E-state index contributed by atoms with van der Waals surface area (Å²) in [5.74, 6) is -0.800. The van der Waals surface area contributed by atoms with Crippen LogP contribution in [0.2, 0.25) is 0 Å². The van der Waals surface area contributed by atoms with Gasteiger partial charge in [-0.05, 0) is 23.8 Å². The monoisotopic (exact) mass is 260 g/mol. The normalized spacial score (nSPS) is 10.4. The smallest absolute Gasteiger partial charge is 0.348 e. The summed E-state index contributed by atoms with van der Waals surface area (Å²) in [6, 6.07) is 8.22. The molecule has 19 heavy (non-hydrogen) atoms. The number of esters is 1. The van der Waals surface area contributed by atoms with Gasteiger partial charge < -0.3 is 15.2 Å². The van der Waals surface area contributed by atoms with Gasteiger partial charge in [-0.1, -0.05) is 12.1 Å². The van der Waals surface area contributed by atoms with Crippen molar-refractivity contribution in [3.63, 3.8) is 0 Å². The van der Waals surface area contributed by atoms with Crippen LogP contribution < -0.4 is 10.5 Å². The van der Waals surface area contributed by atoms with Crippen molar-refractivity contribution in [2.75, 3.05) is 13.7 Å². The lowest BCUT2D eigenvalue weighted by atomic mass is 10.1. The average Bonchev–Trinajstić information content (AvgIpc) is 2.42. The SMILES string of the molecule is COC(=O)/C(C#N)=C/c1ccc(OCC(N)=O)cc1. The second-order valence-electron chi connectivity index (χ2n) is 3.49. The third-order valence-electron chi connectivity index (χ3n) is 2.10. The highest BCUT2D eigenvalue weighted by molar-refractivity contribution is 5.97. The van der Waals surface area contributed by atoms with Crippen LogP contribution in [-0.4, -0.2) is 25.6 Å². The fourth-order valence-corrected chi connectivity index (χ4v) is 1.23. The number of benzene rings is 1. The highest BCUT2D eigenvalue weighted by Crippen LogP contribution is 2.14. The second kappa shape index (κ2) is 6.81. The van der Waals surface area contributed by atoms with E-state index >= 15 is 0 Å². The molecule has 0 saturated carbocycles. The third-order valence-corrected chi connectivity index (χ3v) is 2.10. The van der Waals surface area contributed by atoms with Crippen LogP contribution in [0.3, 0.4) is 0 Å². The minimum atomic E-state index is -0.698. The maximum Gasteiger partial charge on any atom is 0.348 e. The molecule has 0 radical (unpaired) electrons. The summed E-state index contributed by atoms with van der Waals surface area (Å²) in [7, 11) is 1.20. The third kappa shape index (κ3) is 4.52. The molecule has 0 unspecified atom stereocenters. The minimum Gasteiger partial charge on any atom is -0.484 e. The number of nitriles is 1. The quantitative estimate of drug-likeness (QED) is 0.475. The van der Waals surface area contributed by atoms with Crippen LogP contribution in [0.15, 0.2) is 29.8 Å². The molecular formula is C13H12N2O4. The molecule has 0 fully saturated rings. The Balaban J connectivity index is 2.81. The molecule has 0 aliphatic heterocycles. The molecule has 1 aromatic carbocycles. The van der Waals surface area contributed by atoms with Crippen LogP contribution in [-0.2, 0) is 14.3 Å².